The molecule has 0 atom stereocenters. The molecule has 0 unspecified atom stereocenters. The fourth-order valence-electron chi connectivity index (χ4n) is 8.41. The highest BCUT2D eigenvalue weighted by Gasteiger charge is 2.30. The zero-order valence-corrected chi connectivity index (χ0v) is 65.6. The van der Waals surface area contributed by atoms with Crippen molar-refractivity contribution in [2.45, 2.75) is 298 Å². The van der Waals surface area contributed by atoms with Gasteiger partial charge >= 0.3 is 6.18 Å². The second kappa shape index (κ2) is 45.0. The Kier molecular flexibility index (Phi) is 45.9. The Morgan fingerprint density at radius 2 is 1.08 bits per heavy atom. The number of ether oxygens (including phenoxy) is 4. The van der Waals surface area contributed by atoms with Crippen LogP contribution in [0.25, 0.3) is 0 Å². The molecule has 92 heavy (non-hydrogen) atoms. The summed E-state index contributed by atoms with van der Waals surface area (Å²) in [6.07, 6.45) is 18.6. The highest BCUT2D eigenvalue weighted by Crippen LogP contribution is 2.35. The minimum absolute atomic E-state index is 0.00419. The molecule has 3 heterocycles. The van der Waals surface area contributed by atoms with Gasteiger partial charge in [0.05, 0.1) is 17.9 Å². The van der Waals surface area contributed by atoms with E-state index < -0.39 is 11.7 Å². The van der Waals surface area contributed by atoms with E-state index in [0.29, 0.717) is 62.6 Å². The molecule has 2 aromatic carbocycles. The van der Waals surface area contributed by atoms with Crippen molar-refractivity contribution in [2.24, 2.45) is 54.7 Å². The molecule has 0 saturated carbocycles. The Labute approximate surface area is 568 Å². The Morgan fingerprint density at radius 1 is 0.554 bits per heavy atom. The molecule has 0 radical (unpaired) electrons. The first-order valence-corrected chi connectivity index (χ1v) is 34.0. The number of terminal acetylenes is 1. The average Bonchev–Trinajstić information content (AvgIpc) is 1.48. The Bertz CT molecular complexity index is 2450. The topological polar surface area (TPSA) is 63.0 Å². The number of alkyl halides is 3. The minimum atomic E-state index is -4.24. The number of hydrogen-bond donors (Lipinski definition) is 0. The molecule has 1 aliphatic heterocycles. The van der Waals surface area contributed by atoms with Gasteiger partial charge in [0, 0.05) is 45.1 Å². The van der Waals surface area contributed by atoms with E-state index in [9.17, 15) is 13.2 Å². The molecule has 0 bridgehead atoms. The largest absolute Gasteiger partial charge is 0.469 e. The Balaban J connectivity index is -0.000000480. The van der Waals surface area contributed by atoms with Crippen LogP contribution in [0.1, 0.15) is 288 Å². The lowest BCUT2D eigenvalue weighted by atomic mass is 9.86. The Morgan fingerprint density at radius 3 is 1.41 bits per heavy atom. The summed E-state index contributed by atoms with van der Waals surface area (Å²) in [6, 6.07) is 21.8. The van der Waals surface area contributed by atoms with Crippen molar-refractivity contribution in [1.29, 1.82) is 0 Å². The third-order valence-electron chi connectivity index (χ3n) is 12.3. The van der Waals surface area contributed by atoms with Gasteiger partial charge in [0.15, 0.2) is 11.5 Å². The predicted molar refractivity (Wildman–Crippen MR) is 396 cm³/mol. The first kappa shape index (κ1) is 93.9. The van der Waals surface area contributed by atoms with Crippen LogP contribution >= 0.6 is 0 Å². The van der Waals surface area contributed by atoms with Crippen LogP contribution in [0, 0.1) is 67.0 Å². The van der Waals surface area contributed by atoms with Crippen LogP contribution in [0.4, 0.5) is 13.2 Å². The summed E-state index contributed by atoms with van der Waals surface area (Å²) in [7, 11) is 1.74. The van der Waals surface area contributed by atoms with Gasteiger partial charge in [-0.2, -0.15) is 13.2 Å². The maximum Gasteiger partial charge on any atom is 0.416 e. The predicted octanol–water partition coefficient (Wildman–Crippen LogP) is 26.3. The fourth-order valence-corrected chi connectivity index (χ4v) is 8.41. The number of hydrogen-bond acceptors (Lipinski definition) is 6. The number of nitrogens with zero attached hydrogens (tertiary/aromatic N) is 1. The molecule has 0 N–H and O–H groups in total. The Hall–Kier alpha value is -4.52. The summed E-state index contributed by atoms with van der Waals surface area (Å²) >= 11 is 0. The number of allylic oxidation sites excluding steroid dienone is 1. The third-order valence-corrected chi connectivity index (χ3v) is 12.3. The maximum atomic E-state index is 12.4. The van der Waals surface area contributed by atoms with Gasteiger partial charge in [0.1, 0.15) is 5.76 Å². The highest BCUT2D eigenvalue weighted by atomic mass is 19.4. The molecule has 0 spiro atoms. The van der Waals surface area contributed by atoms with Gasteiger partial charge in [-0.15, -0.1) is 18.9 Å². The van der Waals surface area contributed by atoms with Gasteiger partial charge in [0.2, 0.25) is 6.79 Å². The monoisotopic (exact) mass is 1290 g/mol. The molecule has 1 aliphatic rings. The number of methoxy groups -OCH3 is 1. The molecule has 532 valence electrons. The van der Waals surface area contributed by atoms with E-state index >= 15 is 0 Å². The molecular formula is C83H144F3NO5. The highest BCUT2D eigenvalue weighted by molar-refractivity contribution is 5.44. The summed E-state index contributed by atoms with van der Waals surface area (Å²) in [4.78, 5) is 4.28. The number of halogens is 3. The van der Waals surface area contributed by atoms with Crippen LogP contribution in [0.3, 0.4) is 0 Å². The molecule has 0 fully saturated rings. The van der Waals surface area contributed by atoms with Crippen molar-refractivity contribution in [3.63, 3.8) is 0 Å². The number of rotatable bonds is 13. The number of aryl methyl sites for hydroxylation is 1. The van der Waals surface area contributed by atoms with Crippen LogP contribution < -0.4 is 9.47 Å². The number of fused-ring (bicyclic) bond motifs is 1. The molecule has 5 rings (SSSR count). The van der Waals surface area contributed by atoms with Crippen LogP contribution in [0.2, 0.25) is 0 Å². The first-order chi connectivity index (χ1) is 41.4. The minimum Gasteiger partial charge on any atom is -0.469 e. The fraction of sp³-hybridized carbons (Fsp3) is 0.699. The van der Waals surface area contributed by atoms with E-state index in [1.165, 1.54) is 49.1 Å². The van der Waals surface area contributed by atoms with Crippen molar-refractivity contribution in [3.8, 4) is 23.8 Å². The lowest BCUT2D eigenvalue weighted by Gasteiger charge is -2.19. The van der Waals surface area contributed by atoms with E-state index in [2.05, 4.69) is 230 Å². The second-order valence-electron chi connectivity index (χ2n) is 36.1. The molecule has 9 heteroatoms. The van der Waals surface area contributed by atoms with Gasteiger partial charge < -0.3 is 23.4 Å². The zero-order valence-electron chi connectivity index (χ0n) is 65.6. The van der Waals surface area contributed by atoms with Crippen molar-refractivity contribution in [1.82, 2.24) is 4.98 Å². The SMILES string of the molecule is C#CCC(C)(C)C.C=CCC(C)(C)C.CC(C)(C)CCc1ccccn1.CC(C)(C)Cc1ccc2c(c1)OCO2.CC(C)(C)Cc1cccc(C(F)(F)F)c1.CC(C)(C)Cc1ccco1.CC(C)CC(C)(C)C.CC(C)OCCCC(C)(C)C.COCCC(C)(C)C. The third kappa shape index (κ3) is 71.3. The lowest BCUT2D eigenvalue weighted by molar-refractivity contribution is -0.137. The van der Waals surface area contributed by atoms with Crippen molar-refractivity contribution in [3.05, 3.63) is 126 Å². The smallest absolute Gasteiger partial charge is 0.416 e. The number of furan rings is 1. The van der Waals surface area contributed by atoms with Crippen LogP contribution in [0.15, 0.2) is 102 Å². The van der Waals surface area contributed by atoms with E-state index in [-0.39, 0.29) is 5.41 Å². The molecule has 4 aromatic rings. The van der Waals surface area contributed by atoms with E-state index in [4.69, 9.17) is 29.8 Å². The van der Waals surface area contributed by atoms with Crippen LogP contribution in [-0.2, 0) is 41.3 Å². The quantitative estimate of drug-likeness (QED) is 0.0755. The number of pyridine rings is 1. The summed E-state index contributed by atoms with van der Waals surface area (Å²) in [6.45, 7) is 73.9. The molecule has 2 aromatic heterocycles. The van der Waals surface area contributed by atoms with Gasteiger partial charge in [-0.3, -0.25) is 4.98 Å². The maximum absolute atomic E-state index is 12.4. The van der Waals surface area contributed by atoms with Crippen molar-refractivity contribution < 1.29 is 36.5 Å². The summed E-state index contributed by atoms with van der Waals surface area (Å²) < 4.78 is 63.4. The average molecular weight is 1290 g/mol. The molecule has 0 amide bonds. The van der Waals surface area contributed by atoms with Crippen LogP contribution in [-0.4, -0.2) is 38.2 Å². The van der Waals surface area contributed by atoms with Crippen molar-refractivity contribution >= 4 is 0 Å². The molecule has 6 nitrogen and oxygen atoms in total. The van der Waals surface area contributed by atoms with Crippen molar-refractivity contribution in [2.75, 3.05) is 27.1 Å². The van der Waals surface area contributed by atoms with Gasteiger partial charge in [-0.1, -0.05) is 237 Å². The number of benzene rings is 2. The van der Waals surface area contributed by atoms with Crippen LogP contribution in [0.5, 0.6) is 11.5 Å². The van der Waals surface area contributed by atoms with Gasteiger partial charge in [-0.25, -0.2) is 0 Å². The van der Waals surface area contributed by atoms with E-state index in [0.717, 1.165) is 86.5 Å². The number of aromatic nitrogens is 1. The van der Waals surface area contributed by atoms with E-state index in [1.54, 1.807) is 19.4 Å². The molecular weight excluding hydrogens is 1150 g/mol. The molecule has 0 saturated heterocycles. The summed E-state index contributed by atoms with van der Waals surface area (Å²) in [5.41, 5.74) is 5.89. The first-order valence-electron chi connectivity index (χ1n) is 34.0. The van der Waals surface area contributed by atoms with Gasteiger partial charge in [0.25, 0.3) is 0 Å². The summed E-state index contributed by atoms with van der Waals surface area (Å²) in [5.74, 6) is 6.27. The normalized spacial score (nSPS) is 12.4. The van der Waals surface area contributed by atoms with Gasteiger partial charge in [-0.05, 0) is 180 Å². The summed E-state index contributed by atoms with van der Waals surface area (Å²) in [5, 5.41) is 0. The standard InChI is InChI=1S/C12H15F3.C12H16O2.C11H17N.C10H22O.C9H14O.C8H18.C7H16O.C7H14.C7H12/c1-11(2,3)8-9-5-4-6-10(7-9)12(13,14)15;1-12(2,3)7-9-4-5-10-11(6-9)14-8-13-10;1-11(2,3)8-7-10-6-4-5-9-12-10;1-9(2)11-8-6-7-10(3,4)5;1-9(2,3)7-8-5-4-6-10-8;1-7(2)6-8(3,4)5;1-7(2,3)5-6-8-4;2*1-5-6-7(2,3)4/h4-7H,8H2,1-3H3;4-6H,7-8H2,1-3H3;4-6,9H,7-8H2,1-3H3;9H,6-8H2,1-5H3;4-6H,7H2,1-3H3;7H,6H2,1-5H3;5-6H2,1-4H3;5H,1,6H2,2-4H3;1H,6H2,2-4H3. The molecule has 0 aliphatic carbocycles. The second-order valence-corrected chi connectivity index (χ2v) is 36.1. The zero-order chi connectivity index (χ0) is 72.7. The lowest BCUT2D eigenvalue weighted by Crippen LogP contribution is -2.11. The van der Waals surface area contributed by atoms with E-state index in [1.807, 2.05) is 63.4 Å².